The highest BCUT2D eigenvalue weighted by atomic mass is 35.5. The van der Waals surface area contributed by atoms with Gasteiger partial charge in [-0.1, -0.05) is 23.7 Å². The van der Waals surface area contributed by atoms with Crippen LogP contribution in [0.4, 0.5) is 33.6 Å². The molecule has 0 saturated carbocycles. The number of halogens is 6. The number of carbonyl (C=O) groups is 1. The molecule has 216 valence electrons. The lowest BCUT2D eigenvalue weighted by molar-refractivity contribution is -0.285. The van der Waals surface area contributed by atoms with E-state index in [1.165, 1.54) is 42.5 Å². The van der Waals surface area contributed by atoms with Crippen molar-refractivity contribution >= 4 is 49.9 Å². The Balaban J connectivity index is 1.59. The Morgan fingerprint density at radius 2 is 1.73 bits per heavy atom. The molecule has 9 nitrogen and oxygen atoms in total. The molecular weight excluding hydrogens is 595 g/mol. The van der Waals surface area contributed by atoms with Crippen molar-refractivity contribution in [2.75, 3.05) is 17.3 Å². The maximum absolute atomic E-state index is 13.7. The fourth-order valence-corrected chi connectivity index (χ4v) is 5.49. The quantitative estimate of drug-likeness (QED) is 0.293. The molecule has 1 aliphatic rings. The van der Waals surface area contributed by atoms with E-state index in [9.17, 15) is 35.2 Å². The van der Waals surface area contributed by atoms with Gasteiger partial charge >= 0.3 is 12.1 Å². The van der Waals surface area contributed by atoms with Crippen LogP contribution in [-0.2, 0) is 26.6 Å². The number of aryl methyl sites for hydroxylation is 1. The number of benzene rings is 2. The van der Waals surface area contributed by atoms with E-state index in [0.717, 1.165) is 10.9 Å². The van der Waals surface area contributed by atoms with E-state index in [0.29, 0.717) is 10.9 Å². The van der Waals surface area contributed by atoms with Crippen molar-refractivity contribution in [3.8, 4) is 11.5 Å². The number of nitrogens with zero attached hydrogens (tertiary/aromatic N) is 4. The number of anilines is 2. The van der Waals surface area contributed by atoms with E-state index in [-0.39, 0.29) is 44.2 Å². The predicted molar refractivity (Wildman–Crippen MR) is 140 cm³/mol. The van der Waals surface area contributed by atoms with Gasteiger partial charge in [0.25, 0.3) is 0 Å². The lowest BCUT2D eigenvalue weighted by Gasteiger charge is -2.23. The Kier molecular flexibility index (Phi) is 6.53. The molecule has 1 atom stereocenters. The van der Waals surface area contributed by atoms with E-state index < -0.39 is 46.2 Å². The van der Waals surface area contributed by atoms with Crippen molar-refractivity contribution in [1.29, 1.82) is 0 Å². The topological polar surface area (TPSA) is 133 Å². The van der Waals surface area contributed by atoms with E-state index in [1.54, 1.807) is 6.92 Å². The zero-order valence-electron chi connectivity index (χ0n) is 21.2. The molecule has 16 heteroatoms. The van der Waals surface area contributed by atoms with Crippen molar-refractivity contribution < 1.29 is 35.2 Å². The molecule has 0 fully saturated rings. The number of nitrogens with one attached hydrogen (secondary N) is 1. The number of hydrogen-bond donors (Lipinski definition) is 2. The number of rotatable bonds is 6. The molecule has 3 N–H and O–H groups in total. The molecule has 0 bridgehead atoms. The Morgan fingerprint density at radius 1 is 1.07 bits per heavy atom. The van der Waals surface area contributed by atoms with Gasteiger partial charge in [0, 0.05) is 29.6 Å². The van der Waals surface area contributed by atoms with Gasteiger partial charge in [0.2, 0.25) is 5.91 Å². The van der Waals surface area contributed by atoms with Gasteiger partial charge < -0.3 is 11.1 Å². The summed E-state index contributed by atoms with van der Waals surface area (Å²) in [5, 5.41) is 7.33. The smallest absolute Gasteiger partial charge is 0.383 e. The summed E-state index contributed by atoms with van der Waals surface area (Å²) in [6, 6.07) is 9.99. The molecule has 2 aromatic carbocycles. The highest BCUT2D eigenvalue weighted by Gasteiger charge is 2.56. The fraction of sp³-hybridized carbons (Fsp3) is 0.280. The summed E-state index contributed by atoms with van der Waals surface area (Å²) in [5.41, 5.74) is 5.72. The van der Waals surface area contributed by atoms with Gasteiger partial charge in [-0.05, 0) is 42.8 Å². The fourth-order valence-electron chi connectivity index (χ4n) is 4.70. The summed E-state index contributed by atoms with van der Waals surface area (Å²) in [4.78, 5) is 21.9. The van der Waals surface area contributed by atoms with Crippen LogP contribution in [0, 0.1) is 0 Å². The maximum atomic E-state index is 13.7. The molecule has 3 heterocycles. The minimum Gasteiger partial charge on any atom is -0.383 e. The van der Waals surface area contributed by atoms with Crippen molar-refractivity contribution in [3.05, 3.63) is 58.6 Å². The SMILES string of the molecule is CC1(c2ccc(S(C)(=O)=O)cc2)C(=O)Nc2nc(-c3nn(CCC(F)(F)C(F)(F)F)c4cc(Cl)ccc34)nc(N)c21. The highest BCUT2D eigenvalue weighted by molar-refractivity contribution is 7.90. The second-order valence-corrected chi connectivity index (χ2v) is 12.2. The standard InChI is InChI=1S/C25H20ClF5N6O3S/c1-23(12-3-6-14(7-4-12)41(2,39)40)17-19(32)33-21(34-20(17)35-22(23)38)18-15-8-5-13(26)11-16(15)37(36-18)10-9-24(27,28)25(29,30)31/h3-8,11H,9-10H2,1-2H3,(H3,32,33,34,35,38). The zero-order valence-corrected chi connectivity index (χ0v) is 22.8. The van der Waals surface area contributed by atoms with Gasteiger partial charge in [0.05, 0.1) is 16.0 Å². The summed E-state index contributed by atoms with van der Waals surface area (Å²) in [6.45, 7) is 0.762. The maximum Gasteiger partial charge on any atom is 0.453 e. The number of amides is 1. The van der Waals surface area contributed by atoms with E-state index in [2.05, 4.69) is 20.4 Å². The van der Waals surface area contributed by atoms with E-state index in [1.807, 2.05) is 0 Å². The van der Waals surface area contributed by atoms with Crippen LogP contribution in [0.25, 0.3) is 22.4 Å². The Morgan fingerprint density at radius 3 is 2.34 bits per heavy atom. The molecule has 1 unspecified atom stereocenters. The van der Waals surface area contributed by atoms with Crippen molar-refractivity contribution in [2.24, 2.45) is 0 Å². The average Bonchev–Trinajstić information content (AvgIpc) is 3.36. The number of fused-ring (bicyclic) bond motifs is 2. The monoisotopic (exact) mass is 614 g/mol. The summed E-state index contributed by atoms with van der Waals surface area (Å²) >= 11 is 6.05. The third kappa shape index (κ3) is 4.76. The summed E-state index contributed by atoms with van der Waals surface area (Å²) in [7, 11) is -3.48. The number of aromatic nitrogens is 4. The molecule has 4 aromatic rings. The first-order valence-corrected chi connectivity index (χ1v) is 14.1. The largest absolute Gasteiger partial charge is 0.453 e. The molecule has 0 saturated heterocycles. The molecule has 2 aromatic heterocycles. The van der Waals surface area contributed by atoms with Gasteiger partial charge in [-0.25, -0.2) is 18.4 Å². The van der Waals surface area contributed by atoms with Crippen LogP contribution in [-0.4, -0.2) is 52.4 Å². The lowest BCUT2D eigenvalue weighted by atomic mass is 9.78. The van der Waals surface area contributed by atoms with Gasteiger partial charge in [-0.2, -0.15) is 27.1 Å². The highest BCUT2D eigenvalue weighted by Crippen LogP contribution is 2.45. The van der Waals surface area contributed by atoms with E-state index in [4.69, 9.17) is 17.3 Å². The summed E-state index contributed by atoms with van der Waals surface area (Å²) < 4.78 is 90.2. The van der Waals surface area contributed by atoms with Crippen molar-refractivity contribution in [1.82, 2.24) is 19.7 Å². The summed E-state index contributed by atoms with van der Waals surface area (Å²) in [6.07, 6.45) is -6.25. The van der Waals surface area contributed by atoms with Crippen molar-refractivity contribution in [2.45, 2.75) is 42.3 Å². The molecule has 0 radical (unpaired) electrons. The number of carbonyl (C=O) groups excluding carboxylic acids is 1. The number of hydrogen-bond acceptors (Lipinski definition) is 7. The molecule has 0 spiro atoms. The van der Waals surface area contributed by atoms with Crippen LogP contribution in [0.15, 0.2) is 47.4 Å². The minimum absolute atomic E-state index is 0.0156. The van der Waals surface area contributed by atoms with Gasteiger partial charge in [-0.3, -0.25) is 9.48 Å². The molecule has 1 amide bonds. The first-order chi connectivity index (χ1) is 18.9. The number of nitrogens with two attached hydrogens (primary N) is 1. The minimum atomic E-state index is -5.73. The first kappa shape index (κ1) is 28.7. The molecule has 1 aliphatic heterocycles. The van der Waals surface area contributed by atoms with Crippen LogP contribution in [0.2, 0.25) is 5.02 Å². The first-order valence-electron chi connectivity index (χ1n) is 11.8. The van der Waals surface area contributed by atoms with Crippen LogP contribution < -0.4 is 11.1 Å². The number of nitrogen functional groups attached to an aromatic ring is 1. The van der Waals surface area contributed by atoms with Gasteiger partial charge in [0.1, 0.15) is 22.7 Å². The second kappa shape index (κ2) is 9.34. The van der Waals surface area contributed by atoms with Crippen LogP contribution >= 0.6 is 11.6 Å². The van der Waals surface area contributed by atoms with Crippen molar-refractivity contribution in [3.63, 3.8) is 0 Å². The lowest BCUT2D eigenvalue weighted by Crippen LogP contribution is -2.37. The van der Waals surface area contributed by atoms with Crippen LogP contribution in [0.3, 0.4) is 0 Å². The Bertz CT molecular complexity index is 1830. The van der Waals surface area contributed by atoms with Crippen LogP contribution in [0.1, 0.15) is 24.5 Å². The summed E-state index contributed by atoms with van der Waals surface area (Å²) in [5.74, 6) is -5.68. The number of sulfone groups is 1. The molecular formula is C25H20ClF5N6O3S. The molecule has 41 heavy (non-hydrogen) atoms. The third-order valence-electron chi connectivity index (χ3n) is 6.96. The average molecular weight is 615 g/mol. The molecule has 0 aliphatic carbocycles. The van der Waals surface area contributed by atoms with Crippen LogP contribution in [0.5, 0.6) is 0 Å². The van der Waals surface area contributed by atoms with Gasteiger partial charge in [0.15, 0.2) is 15.7 Å². The number of alkyl halides is 5. The Hall–Kier alpha value is -3.85. The second-order valence-electron chi connectivity index (χ2n) is 9.72. The molecule has 5 rings (SSSR count). The Labute approximate surface area is 234 Å². The zero-order chi connectivity index (χ0) is 30.1. The van der Waals surface area contributed by atoms with E-state index >= 15 is 0 Å². The predicted octanol–water partition coefficient (Wildman–Crippen LogP) is 4.98. The van der Waals surface area contributed by atoms with Gasteiger partial charge in [-0.15, -0.1) is 0 Å². The third-order valence-corrected chi connectivity index (χ3v) is 8.32. The normalized spacial score (nSPS) is 17.6.